The summed E-state index contributed by atoms with van der Waals surface area (Å²) >= 11 is 1.37. The van der Waals surface area contributed by atoms with Crippen molar-refractivity contribution in [3.05, 3.63) is 11.9 Å². The number of amides is 2. The first-order valence-corrected chi connectivity index (χ1v) is 4.82. The third kappa shape index (κ3) is 1.89. The van der Waals surface area contributed by atoms with E-state index < -0.39 is 0 Å². The van der Waals surface area contributed by atoms with Crippen LogP contribution < -0.4 is 5.32 Å². The van der Waals surface area contributed by atoms with Crippen LogP contribution in [0.4, 0.5) is 4.79 Å². The highest BCUT2D eigenvalue weighted by Crippen LogP contribution is 2.14. The molecule has 0 radical (unpaired) electrons. The zero-order valence-electron chi connectivity index (χ0n) is 7.44. The van der Waals surface area contributed by atoms with Crippen LogP contribution in [0.1, 0.15) is 6.92 Å². The molecule has 1 aliphatic rings. The van der Waals surface area contributed by atoms with Gasteiger partial charge in [-0.2, -0.15) is 10.1 Å². The van der Waals surface area contributed by atoms with Crippen LogP contribution in [0.5, 0.6) is 0 Å². The van der Waals surface area contributed by atoms with Crippen molar-refractivity contribution in [1.82, 2.24) is 10.3 Å². The molecular formula is C7H10N4OS. The molecule has 0 atom stereocenters. The van der Waals surface area contributed by atoms with Gasteiger partial charge in [-0.3, -0.25) is 5.32 Å². The van der Waals surface area contributed by atoms with E-state index in [2.05, 4.69) is 22.1 Å². The number of hydrogen-bond acceptors (Lipinski definition) is 4. The van der Waals surface area contributed by atoms with E-state index in [0.29, 0.717) is 11.0 Å². The number of carbonyl (C=O) groups excluding carboxylic acids is 1. The summed E-state index contributed by atoms with van der Waals surface area (Å²) in [6.07, 6.45) is 3.53. The van der Waals surface area contributed by atoms with E-state index in [1.54, 1.807) is 13.0 Å². The Morgan fingerprint density at radius 3 is 2.92 bits per heavy atom. The van der Waals surface area contributed by atoms with Gasteiger partial charge in [-0.1, -0.05) is 11.8 Å². The van der Waals surface area contributed by atoms with Gasteiger partial charge in [-0.05, 0) is 19.3 Å². The highest BCUT2D eigenvalue weighted by molar-refractivity contribution is 8.13. The van der Waals surface area contributed by atoms with Crippen LogP contribution in [0.15, 0.2) is 22.0 Å². The quantitative estimate of drug-likeness (QED) is 0.644. The Morgan fingerprint density at radius 1 is 1.77 bits per heavy atom. The average molecular weight is 198 g/mol. The predicted molar refractivity (Wildman–Crippen MR) is 54.6 cm³/mol. The zero-order valence-corrected chi connectivity index (χ0v) is 8.26. The van der Waals surface area contributed by atoms with Crippen LogP contribution in [0, 0.1) is 0 Å². The molecule has 1 heterocycles. The maximum absolute atomic E-state index is 11.3. The Kier molecular flexibility index (Phi) is 3.07. The molecule has 13 heavy (non-hydrogen) atoms. The smallest absolute Gasteiger partial charge is 0.285 e. The summed E-state index contributed by atoms with van der Waals surface area (Å²) in [5.41, 5.74) is 0. The monoisotopic (exact) mass is 198 g/mol. The molecule has 0 spiro atoms. The molecule has 0 saturated heterocycles. The summed E-state index contributed by atoms with van der Waals surface area (Å²) in [6.45, 7) is 5.07. The second kappa shape index (κ2) is 4.08. The SMILES string of the molecule is C=NN1C(=O)NC(SC)=N/C1=C/C. The van der Waals surface area contributed by atoms with Gasteiger partial charge in [0.1, 0.15) is 0 Å². The Morgan fingerprint density at radius 2 is 2.46 bits per heavy atom. The Labute approximate surface area is 80.6 Å². The summed E-state index contributed by atoms with van der Waals surface area (Å²) in [7, 11) is 0. The van der Waals surface area contributed by atoms with Crippen LogP contribution in [0.3, 0.4) is 0 Å². The third-order valence-corrected chi connectivity index (χ3v) is 2.01. The molecule has 6 heteroatoms. The number of rotatable bonds is 1. The van der Waals surface area contributed by atoms with E-state index in [1.165, 1.54) is 11.8 Å². The van der Waals surface area contributed by atoms with Gasteiger partial charge >= 0.3 is 6.03 Å². The fraction of sp³-hybridized carbons (Fsp3) is 0.286. The fourth-order valence-corrected chi connectivity index (χ4v) is 1.22. The van der Waals surface area contributed by atoms with E-state index in [-0.39, 0.29) is 6.03 Å². The molecule has 5 nitrogen and oxygen atoms in total. The van der Waals surface area contributed by atoms with Crippen molar-refractivity contribution in [3.8, 4) is 0 Å². The minimum absolute atomic E-state index is 0.331. The molecule has 0 aliphatic carbocycles. The van der Waals surface area contributed by atoms with Crippen molar-refractivity contribution >= 4 is 29.7 Å². The molecule has 0 aromatic rings. The Bertz CT molecular complexity index is 297. The lowest BCUT2D eigenvalue weighted by atomic mass is 10.5. The van der Waals surface area contributed by atoms with Crippen molar-refractivity contribution in [1.29, 1.82) is 0 Å². The summed E-state index contributed by atoms with van der Waals surface area (Å²) < 4.78 is 0. The molecule has 0 aromatic heterocycles. The van der Waals surface area contributed by atoms with Gasteiger partial charge in [-0.15, -0.1) is 0 Å². The molecular weight excluding hydrogens is 188 g/mol. The minimum atomic E-state index is -0.331. The van der Waals surface area contributed by atoms with E-state index in [4.69, 9.17) is 0 Å². The molecule has 1 aliphatic heterocycles. The van der Waals surface area contributed by atoms with Gasteiger partial charge in [0.25, 0.3) is 0 Å². The Balaban J connectivity index is 3.01. The third-order valence-electron chi connectivity index (χ3n) is 1.43. The number of nitrogens with one attached hydrogen (secondary N) is 1. The number of nitrogens with zero attached hydrogens (tertiary/aromatic N) is 3. The topological polar surface area (TPSA) is 57.1 Å². The van der Waals surface area contributed by atoms with E-state index in [9.17, 15) is 4.79 Å². The molecule has 1 rings (SSSR count). The number of allylic oxidation sites excluding steroid dienone is 1. The molecule has 1 N–H and O–H groups in total. The highest BCUT2D eigenvalue weighted by atomic mass is 32.2. The molecule has 0 aromatic carbocycles. The normalized spacial score (nSPS) is 19.8. The first-order chi connectivity index (χ1) is 6.22. The van der Waals surface area contributed by atoms with Crippen molar-refractivity contribution in [2.24, 2.45) is 10.1 Å². The number of amidine groups is 1. The summed E-state index contributed by atoms with van der Waals surface area (Å²) in [4.78, 5) is 15.4. The lowest BCUT2D eigenvalue weighted by Crippen LogP contribution is -2.42. The second-order valence-corrected chi connectivity index (χ2v) is 2.95. The molecule has 0 bridgehead atoms. The molecule has 2 amide bonds. The number of carbonyl (C=O) groups is 1. The van der Waals surface area contributed by atoms with E-state index in [0.717, 1.165) is 5.01 Å². The number of urea groups is 1. The van der Waals surface area contributed by atoms with Gasteiger partial charge in [0.2, 0.25) is 0 Å². The average Bonchev–Trinajstić information content (AvgIpc) is 2.16. The zero-order chi connectivity index (χ0) is 9.84. The van der Waals surface area contributed by atoms with Gasteiger partial charge in [0.15, 0.2) is 11.0 Å². The van der Waals surface area contributed by atoms with Crippen LogP contribution >= 0.6 is 11.8 Å². The molecule has 0 saturated carbocycles. The van der Waals surface area contributed by atoms with Crippen molar-refractivity contribution < 1.29 is 4.79 Å². The second-order valence-electron chi connectivity index (χ2n) is 2.15. The highest BCUT2D eigenvalue weighted by Gasteiger charge is 2.22. The lowest BCUT2D eigenvalue weighted by molar-refractivity contribution is 0.216. The maximum Gasteiger partial charge on any atom is 0.350 e. The minimum Gasteiger partial charge on any atom is -0.285 e. The number of thioether (sulfide) groups is 1. The first kappa shape index (κ1) is 9.79. The molecule has 0 unspecified atom stereocenters. The van der Waals surface area contributed by atoms with Crippen molar-refractivity contribution in [3.63, 3.8) is 0 Å². The number of hydrazone groups is 1. The van der Waals surface area contributed by atoms with Crippen molar-refractivity contribution in [2.75, 3.05) is 6.26 Å². The maximum atomic E-state index is 11.3. The standard InChI is InChI=1S/C7H10N4OS/c1-4-5-9-6(13-3)10-7(12)11(5)8-2/h4H,2H2,1,3H3,(H,9,10,12)/b5-4-. The van der Waals surface area contributed by atoms with E-state index in [1.807, 2.05) is 6.26 Å². The Hall–Kier alpha value is -1.30. The molecule has 0 fully saturated rings. The summed E-state index contributed by atoms with van der Waals surface area (Å²) in [5.74, 6) is 0.489. The van der Waals surface area contributed by atoms with Gasteiger partial charge in [-0.25, -0.2) is 9.79 Å². The van der Waals surface area contributed by atoms with E-state index >= 15 is 0 Å². The van der Waals surface area contributed by atoms with Gasteiger partial charge in [0.05, 0.1) is 0 Å². The van der Waals surface area contributed by atoms with Crippen LogP contribution in [-0.2, 0) is 0 Å². The van der Waals surface area contributed by atoms with Gasteiger partial charge < -0.3 is 0 Å². The van der Waals surface area contributed by atoms with Crippen LogP contribution in [0.25, 0.3) is 0 Å². The fourth-order valence-electron chi connectivity index (χ4n) is 0.848. The largest absolute Gasteiger partial charge is 0.350 e. The van der Waals surface area contributed by atoms with Gasteiger partial charge in [0, 0.05) is 6.72 Å². The first-order valence-electron chi connectivity index (χ1n) is 3.59. The molecule has 70 valence electrons. The summed E-state index contributed by atoms with van der Waals surface area (Å²) in [6, 6.07) is -0.331. The summed E-state index contributed by atoms with van der Waals surface area (Å²) in [5, 5.41) is 7.77. The number of aliphatic imine (C=N–C) groups is 1. The lowest BCUT2D eigenvalue weighted by Gasteiger charge is -2.22. The van der Waals surface area contributed by atoms with Crippen LogP contribution in [-0.4, -0.2) is 29.2 Å². The number of hydrogen-bond donors (Lipinski definition) is 1. The predicted octanol–water partition coefficient (Wildman–Crippen LogP) is 1.21. The van der Waals surface area contributed by atoms with Crippen LogP contribution in [0.2, 0.25) is 0 Å². The van der Waals surface area contributed by atoms with Crippen molar-refractivity contribution in [2.45, 2.75) is 6.92 Å².